The SMILES string of the molecule is CC#CCC(CCC(CCC(CCC(CCC(CCC(CCC(CCC(CCC(CCC(C)C(=O)C(=O)O)C(=O)C(=O)O)C(=O)C(=O)O)C(=O)C(=O)O)C(=O)C(=O)O)C(=O)C(=O)O)C(=O)C(=O)O)C(=O)C(=O)O)C(=O)C(=O)O)C(=O)C(=O)O. The third-order valence-corrected chi connectivity index (χ3v) is 14.3. The molecule has 0 heterocycles. The number of aliphatic carboxylic acids is 10. The van der Waals surface area contributed by atoms with Crippen LogP contribution in [0.4, 0.5) is 0 Å². The van der Waals surface area contributed by atoms with Crippen molar-refractivity contribution in [1.29, 1.82) is 0 Å². The molecule has 0 aliphatic heterocycles. The fourth-order valence-electron chi connectivity index (χ4n) is 9.39. The Balaban J connectivity index is 6.78. The standard InChI is InChI=1S/C53H64O30/c1-3-4-5-25(35(55)45(66)67)8-9-27(37(57)47(70)71)12-13-29(39(59)49(74)75)16-17-31(41(61)51(78)79)20-21-33(43(63)53(82)83)23-22-32(42(62)52(80)81)19-18-30(40(60)50(76)77)15-14-28(38(58)48(72)73)11-10-26(36(56)46(68)69)7-6-24(2)34(54)44(64)65/h24-33H,5-23H2,1-2H3,(H,64,65)(H,66,67)(H,68,69)(H,70,71)(H,72,73)(H,74,75)(H,76,77)(H,78,79)(H,80,81)(H,82,83). The molecule has 0 amide bonds. The van der Waals surface area contributed by atoms with Gasteiger partial charge in [0.25, 0.3) is 0 Å². The first-order chi connectivity index (χ1) is 38.5. The summed E-state index contributed by atoms with van der Waals surface area (Å²) in [5, 5.41) is 94.8. The molecule has 30 heteroatoms. The zero-order valence-electron chi connectivity index (χ0n) is 44.8. The van der Waals surface area contributed by atoms with Crippen LogP contribution in [0.3, 0.4) is 0 Å². The van der Waals surface area contributed by atoms with Crippen molar-refractivity contribution in [2.75, 3.05) is 0 Å². The molecule has 0 radical (unpaired) electrons. The van der Waals surface area contributed by atoms with Crippen molar-refractivity contribution in [3.05, 3.63) is 0 Å². The summed E-state index contributed by atoms with van der Waals surface area (Å²) in [6.07, 6.45) is -11.4. The van der Waals surface area contributed by atoms with E-state index in [2.05, 4.69) is 11.8 Å². The van der Waals surface area contributed by atoms with Gasteiger partial charge in [0.2, 0.25) is 57.8 Å². The van der Waals surface area contributed by atoms with E-state index in [1.54, 1.807) is 0 Å². The zero-order valence-corrected chi connectivity index (χ0v) is 44.8. The number of ketones is 10. The van der Waals surface area contributed by atoms with Crippen molar-refractivity contribution >= 4 is 118 Å². The molecule has 0 fully saturated rings. The van der Waals surface area contributed by atoms with Gasteiger partial charge in [-0.15, -0.1) is 11.8 Å². The summed E-state index contributed by atoms with van der Waals surface area (Å²) < 4.78 is 0. The van der Waals surface area contributed by atoms with Gasteiger partial charge in [-0.1, -0.05) is 6.92 Å². The highest BCUT2D eigenvalue weighted by atomic mass is 16.4. The molecule has 0 saturated carbocycles. The molecule has 30 nitrogen and oxygen atoms in total. The molecule has 0 saturated heterocycles. The van der Waals surface area contributed by atoms with E-state index >= 15 is 0 Å². The predicted molar refractivity (Wildman–Crippen MR) is 268 cm³/mol. The van der Waals surface area contributed by atoms with E-state index in [-0.39, 0.29) is 12.8 Å². The van der Waals surface area contributed by atoms with Crippen molar-refractivity contribution in [2.45, 2.75) is 136 Å². The van der Waals surface area contributed by atoms with Gasteiger partial charge in [0.05, 0.1) is 0 Å². The van der Waals surface area contributed by atoms with Gasteiger partial charge in [0.1, 0.15) is 0 Å². The predicted octanol–water partition coefficient (Wildman–Crippen LogP) is 1.14. The van der Waals surface area contributed by atoms with Crippen molar-refractivity contribution in [1.82, 2.24) is 0 Å². The number of carboxylic acids is 10. The maximum absolute atomic E-state index is 13.0. The smallest absolute Gasteiger partial charge is 0.372 e. The van der Waals surface area contributed by atoms with Gasteiger partial charge in [-0.05, 0) is 122 Å². The average Bonchev–Trinajstić information content (AvgIpc) is 3.43. The Morgan fingerprint density at radius 3 is 0.506 bits per heavy atom. The molecule has 10 N–H and O–H groups in total. The summed E-state index contributed by atoms with van der Waals surface area (Å²) in [5.74, 6) is -46.3. The minimum Gasteiger partial charge on any atom is -0.475 e. The first-order valence-electron chi connectivity index (χ1n) is 25.6. The van der Waals surface area contributed by atoms with Gasteiger partial charge < -0.3 is 51.1 Å². The fourth-order valence-corrected chi connectivity index (χ4v) is 9.39. The molecule has 0 aliphatic carbocycles. The molecule has 83 heavy (non-hydrogen) atoms. The fraction of sp³-hybridized carbons (Fsp3) is 0.585. The number of carbonyl (C=O) groups excluding carboxylic acids is 10. The summed E-state index contributed by atoms with van der Waals surface area (Å²) in [5.41, 5.74) is 0. The van der Waals surface area contributed by atoms with Crippen LogP contribution >= 0.6 is 0 Å². The van der Waals surface area contributed by atoms with Crippen LogP contribution < -0.4 is 0 Å². The minimum absolute atomic E-state index is 0.303. The molecule has 10 unspecified atom stereocenters. The van der Waals surface area contributed by atoms with Crippen molar-refractivity contribution in [3.8, 4) is 11.8 Å². The quantitative estimate of drug-likeness (QED) is 0.0302. The van der Waals surface area contributed by atoms with Crippen LogP contribution in [0.25, 0.3) is 0 Å². The highest BCUT2D eigenvalue weighted by Gasteiger charge is 2.38. The Labute approximate surface area is 470 Å². The van der Waals surface area contributed by atoms with E-state index in [1.165, 1.54) is 13.8 Å². The second kappa shape index (κ2) is 36.3. The van der Waals surface area contributed by atoms with Gasteiger partial charge in [-0.25, -0.2) is 47.9 Å². The van der Waals surface area contributed by atoms with E-state index in [1.807, 2.05) is 0 Å². The van der Waals surface area contributed by atoms with Crippen LogP contribution in [0.15, 0.2) is 0 Å². The first-order valence-corrected chi connectivity index (χ1v) is 25.6. The van der Waals surface area contributed by atoms with E-state index in [0.717, 1.165) is 0 Å². The Morgan fingerprint density at radius 2 is 0.361 bits per heavy atom. The normalized spacial score (nSPS) is 14.5. The molecule has 0 aromatic rings. The zero-order chi connectivity index (χ0) is 64.2. The summed E-state index contributed by atoms with van der Waals surface area (Å²) in [4.78, 5) is 245. The van der Waals surface area contributed by atoms with Crippen molar-refractivity contribution in [3.63, 3.8) is 0 Å². The minimum atomic E-state index is -2.12. The number of rotatable bonds is 48. The maximum atomic E-state index is 13.0. The Hall–Kier alpha value is -9.04. The number of hydrogen-bond donors (Lipinski definition) is 10. The Bertz CT molecular complexity index is 2650. The third kappa shape index (κ3) is 25.5. The molecular formula is C53H64O30. The van der Waals surface area contributed by atoms with E-state index < -0.39 is 286 Å². The van der Waals surface area contributed by atoms with Gasteiger partial charge in [0, 0.05) is 65.6 Å². The van der Waals surface area contributed by atoms with Gasteiger partial charge in [-0.3, -0.25) is 47.9 Å². The van der Waals surface area contributed by atoms with E-state index in [9.17, 15) is 142 Å². The summed E-state index contributed by atoms with van der Waals surface area (Å²) in [6, 6.07) is 0. The lowest BCUT2D eigenvalue weighted by molar-refractivity contribution is -0.153. The highest BCUT2D eigenvalue weighted by Crippen LogP contribution is 2.33. The van der Waals surface area contributed by atoms with Gasteiger partial charge >= 0.3 is 59.7 Å². The molecule has 0 aromatic heterocycles. The number of carboxylic acid groups (broad SMARTS) is 10. The number of carbonyl (C=O) groups is 20. The van der Waals surface area contributed by atoms with Crippen molar-refractivity contribution < 1.29 is 147 Å². The molecule has 0 aromatic carbocycles. The van der Waals surface area contributed by atoms with E-state index in [0.29, 0.717) is 0 Å². The first kappa shape index (κ1) is 74.0. The Kier molecular flexibility index (Phi) is 32.4. The molecule has 0 bridgehead atoms. The topological polar surface area (TPSA) is 544 Å². The van der Waals surface area contributed by atoms with Crippen LogP contribution in [0.5, 0.6) is 0 Å². The maximum Gasteiger partial charge on any atom is 0.372 e. The number of hydrogen-bond acceptors (Lipinski definition) is 20. The molecule has 0 rings (SSSR count). The largest absolute Gasteiger partial charge is 0.475 e. The van der Waals surface area contributed by atoms with Gasteiger partial charge in [0.15, 0.2) is 0 Å². The molecule has 10 atom stereocenters. The van der Waals surface area contributed by atoms with Crippen LogP contribution in [0.2, 0.25) is 0 Å². The van der Waals surface area contributed by atoms with E-state index in [4.69, 9.17) is 5.11 Å². The second-order valence-electron chi connectivity index (χ2n) is 19.7. The highest BCUT2D eigenvalue weighted by molar-refractivity contribution is 6.37. The summed E-state index contributed by atoms with van der Waals surface area (Å²) in [7, 11) is 0. The molecule has 456 valence electrons. The third-order valence-electron chi connectivity index (χ3n) is 14.3. The number of Topliss-reactive ketones (excluding diaryl/α,β-unsaturated/α-hetero) is 10. The lowest BCUT2D eigenvalue weighted by atomic mass is 9.79. The Morgan fingerprint density at radius 1 is 0.229 bits per heavy atom. The summed E-state index contributed by atoms with van der Waals surface area (Å²) >= 11 is 0. The molecule has 0 aliphatic rings. The molecular weight excluding hydrogens is 1120 g/mol. The van der Waals surface area contributed by atoms with Crippen LogP contribution in [0, 0.1) is 71.0 Å². The lowest BCUT2D eigenvalue weighted by Gasteiger charge is -2.23. The van der Waals surface area contributed by atoms with Crippen molar-refractivity contribution in [2.24, 2.45) is 59.2 Å². The summed E-state index contributed by atoms with van der Waals surface area (Å²) in [6.45, 7) is 2.55. The van der Waals surface area contributed by atoms with Gasteiger partial charge in [-0.2, -0.15) is 0 Å². The monoisotopic (exact) mass is 1180 g/mol. The lowest BCUT2D eigenvalue weighted by Crippen LogP contribution is -2.31. The second-order valence-corrected chi connectivity index (χ2v) is 19.7. The average molecular weight is 1180 g/mol. The molecule has 0 spiro atoms. The van der Waals surface area contributed by atoms with Crippen LogP contribution in [-0.4, -0.2) is 169 Å². The van der Waals surface area contributed by atoms with Crippen LogP contribution in [-0.2, 0) is 95.9 Å². The van der Waals surface area contributed by atoms with Crippen LogP contribution in [0.1, 0.15) is 136 Å².